The van der Waals surface area contributed by atoms with Gasteiger partial charge in [0, 0.05) is 0 Å². The summed E-state index contributed by atoms with van der Waals surface area (Å²) in [7, 11) is -1.53. The van der Waals surface area contributed by atoms with Gasteiger partial charge in [-0.3, -0.25) is 9.31 Å². The molecule has 0 spiro atoms. The van der Waals surface area contributed by atoms with Gasteiger partial charge in [0.15, 0.2) is 0 Å². The molecular weight excluding hydrogens is 267 g/mol. The Bertz CT molecular complexity index is 554. The van der Waals surface area contributed by atoms with Crippen LogP contribution in [0, 0.1) is 0 Å². The molecule has 0 fully saturated rings. The third-order valence-corrected chi connectivity index (χ3v) is 3.38. The number of hydrogen-bond donors (Lipinski definition) is 1. The maximum absolute atomic E-state index is 12.5. The van der Waals surface area contributed by atoms with Crippen LogP contribution in [0.25, 0.3) is 0 Å². The summed E-state index contributed by atoms with van der Waals surface area (Å²) in [4.78, 5) is 3.69. The molecule has 0 aliphatic carbocycles. The van der Waals surface area contributed by atoms with Gasteiger partial charge in [0.2, 0.25) is 5.16 Å². The lowest BCUT2D eigenvalue weighted by Gasteiger charge is -2.07. The van der Waals surface area contributed by atoms with Crippen LogP contribution in [0.4, 0.5) is 13.2 Å². The number of aromatic amines is 1. The number of hydrogen-bond acceptors (Lipinski definition) is 3. The number of nitrogens with one attached hydrogen (secondary N) is 1. The Morgan fingerprint density at radius 3 is 2.72 bits per heavy atom. The number of halogens is 3. The SMILES string of the molecule is O=[S@@](Cc1cccc(C(F)(F)F)c1)c1ncn[nH]1. The summed E-state index contributed by atoms with van der Waals surface area (Å²) in [6.07, 6.45) is -3.21. The van der Waals surface area contributed by atoms with Crippen LogP contribution in [-0.2, 0) is 22.7 Å². The third-order valence-electron chi connectivity index (χ3n) is 2.16. The fraction of sp³-hybridized carbons (Fsp3) is 0.200. The minimum atomic E-state index is -4.40. The molecule has 0 amide bonds. The molecule has 1 aromatic heterocycles. The third kappa shape index (κ3) is 2.95. The summed E-state index contributed by atoms with van der Waals surface area (Å²) < 4.78 is 49.2. The van der Waals surface area contributed by atoms with Gasteiger partial charge < -0.3 is 0 Å². The van der Waals surface area contributed by atoms with Crippen LogP contribution >= 0.6 is 0 Å². The van der Waals surface area contributed by atoms with Gasteiger partial charge in [-0.15, -0.1) is 0 Å². The second kappa shape index (κ2) is 4.89. The van der Waals surface area contributed by atoms with Crippen molar-refractivity contribution in [2.75, 3.05) is 0 Å². The van der Waals surface area contributed by atoms with E-state index in [0.29, 0.717) is 5.56 Å². The highest BCUT2D eigenvalue weighted by Gasteiger charge is 2.30. The quantitative estimate of drug-likeness (QED) is 0.933. The van der Waals surface area contributed by atoms with E-state index in [1.54, 1.807) is 0 Å². The van der Waals surface area contributed by atoms with Crippen molar-refractivity contribution in [1.29, 1.82) is 0 Å². The molecule has 2 aromatic rings. The molecule has 0 bridgehead atoms. The van der Waals surface area contributed by atoms with E-state index in [1.807, 2.05) is 0 Å². The number of alkyl halides is 3. The summed E-state index contributed by atoms with van der Waals surface area (Å²) in [6.45, 7) is 0. The minimum Gasteiger partial charge on any atom is -0.252 e. The van der Waals surface area contributed by atoms with Gasteiger partial charge in [0.05, 0.1) is 22.1 Å². The maximum Gasteiger partial charge on any atom is 0.416 e. The molecular formula is C10H8F3N3OS. The molecule has 0 aliphatic rings. The molecule has 0 saturated carbocycles. The van der Waals surface area contributed by atoms with Crippen LogP contribution in [-0.4, -0.2) is 19.4 Å². The molecule has 1 aromatic carbocycles. The molecule has 8 heteroatoms. The van der Waals surface area contributed by atoms with Gasteiger partial charge in [-0.1, -0.05) is 18.2 Å². The average molecular weight is 275 g/mol. The zero-order chi connectivity index (χ0) is 13.2. The van der Waals surface area contributed by atoms with E-state index >= 15 is 0 Å². The second-order valence-corrected chi connectivity index (χ2v) is 4.85. The summed E-state index contributed by atoms with van der Waals surface area (Å²) >= 11 is 0. The Morgan fingerprint density at radius 2 is 2.11 bits per heavy atom. The first kappa shape index (κ1) is 12.7. The van der Waals surface area contributed by atoms with Crippen molar-refractivity contribution in [2.24, 2.45) is 0 Å². The average Bonchev–Trinajstić information content (AvgIpc) is 2.81. The first-order valence-electron chi connectivity index (χ1n) is 4.86. The fourth-order valence-corrected chi connectivity index (χ4v) is 2.30. The highest BCUT2D eigenvalue weighted by atomic mass is 32.2. The maximum atomic E-state index is 12.5. The van der Waals surface area contributed by atoms with E-state index in [-0.39, 0.29) is 10.9 Å². The van der Waals surface area contributed by atoms with Crippen LogP contribution in [0.1, 0.15) is 11.1 Å². The molecule has 0 aliphatic heterocycles. The molecule has 0 radical (unpaired) electrons. The van der Waals surface area contributed by atoms with Crippen molar-refractivity contribution in [3.05, 3.63) is 41.7 Å². The lowest BCUT2D eigenvalue weighted by atomic mass is 10.1. The fourth-order valence-electron chi connectivity index (χ4n) is 1.36. The molecule has 2 rings (SSSR count). The first-order valence-corrected chi connectivity index (χ1v) is 6.18. The van der Waals surface area contributed by atoms with Crippen LogP contribution in [0.5, 0.6) is 0 Å². The number of rotatable bonds is 3. The standard InChI is InChI=1S/C10H8F3N3OS/c11-10(12,13)8-3-1-2-7(4-8)5-18(17)9-14-6-15-16-9/h1-4,6H,5H2,(H,14,15,16)/t18-/m0/s1. The number of H-pyrrole nitrogens is 1. The zero-order valence-electron chi connectivity index (χ0n) is 8.94. The van der Waals surface area contributed by atoms with Crippen molar-refractivity contribution >= 4 is 10.8 Å². The van der Waals surface area contributed by atoms with Crippen LogP contribution in [0.15, 0.2) is 35.7 Å². The van der Waals surface area contributed by atoms with Crippen molar-refractivity contribution in [2.45, 2.75) is 17.1 Å². The lowest BCUT2D eigenvalue weighted by molar-refractivity contribution is -0.137. The molecule has 4 nitrogen and oxygen atoms in total. The smallest absolute Gasteiger partial charge is 0.252 e. The zero-order valence-corrected chi connectivity index (χ0v) is 9.76. The normalized spacial score (nSPS) is 13.5. The van der Waals surface area contributed by atoms with Gasteiger partial charge in [-0.25, -0.2) is 4.98 Å². The highest BCUT2D eigenvalue weighted by Crippen LogP contribution is 2.29. The van der Waals surface area contributed by atoms with Gasteiger partial charge in [-0.2, -0.15) is 18.3 Å². The molecule has 96 valence electrons. The largest absolute Gasteiger partial charge is 0.416 e. The summed E-state index contributed by atoms with van der Waals surface area (Å²) in [6, 6.07) is 4.73. The Hall–Kier alpha value is -1.70. The van der Waals surface area contributed by atoms with Gasteiger partial charge in [-0.05, 0) is 11.6 Å². The number of benzene rings is 1. The summed E-state index contributed by atoms with van der Waals surface area (Å²) in [5.41, 5.74) is -0.422. The van der Waals surface area contributed by atoms with E-state index in [2.05, 4.69) is 15.2 Å². The van der Waals surface area contributed by atoms with Crippen molar-refractivity contribution in [3.63, 3.8) is 0 Å². The van der Waals surface area contributed by atoms with Gasteiger partial charge >= 0.3 is 6.18 Å². The Kier molecular flexibility index (Phi) is 3.46. The summed E-state index contributed by atoms with van der Waals surface area (Å²) in [5, 5.41) is 6.10. The van der Waals surface area contributed by atoms with E-state index in [1.165, 1.54) is 18.5 Å². The minimum absolute atomic E-state index is 0.0425. The Morgan fingerprint density at radius 1 is 1.33 bits per heavy atom. The predicted molar refractivity (Wildman–Crippen MR) is 57.9 cm³/mol. The Balaban J connectivity index is 2.18. The molecule has 0 unspecified atom stereocenters. The number of aromatic nitrogens is 3. The molecule has 0 saturated heterocycles. The predicted octanol–water partition coefficient (Wildman–Crippen LogP) is 2.13. The van der Waals surface area contributed by atoms with E-state index in [4.69, 9.17) is 0 Å². The monoisotopic (exact) mass is 275 g/mol. The van der Waals surface area contributed by atoms with Crippen LogP contribution in [0.2, 0.25) is 0 Å². The Labute approximate surface area is 103 Å². The number of nitrogens with zero attached hydrogens (tertiary/aromatic N) is 2. The topological polar surface area (TPSA) is 58.6 Å². The van der Waals surface area contributed by atoms with Gasteiger partial charge in [0.1, 0.15) is 6.33 Å². The van der Waals surface area contributed by atoms with E-state index in [9.17, 15) is 17.4 Å². The first-order chi connectivity index (χ1) is 8.47. The van der Waals surface area contributed by atoms with Crippen molar-refractivity contribution < 1.29 is 17.4 Å². The second-order valence-electron chi connectivity index (χ2n) is 3.48. The summed E-state index contributed by atoms with van der Waals surface area (Å²) in [5.74, 6) is -0.0425. The van der Waals surface area contributed by atoms with E-state index < -0.39 is 22.5 Å². The van der Waals surface area contributed by atoms with Crippen molar-refractivity contribution in [1.82, 2.24) is 15.2 Å². The molecule has 1 heterocycles. The van der Waals surface area contributed by atoms with Crippen LogP contribution < -0.4 is 0 Å². The molecule has 1 atom stereocenters. The molecule has 18 heavy (non-hydrogen) atoms. The van der Waals surface area contributed by atoms with Crippen molar-refractivity contribution in [3.8, 4) is 0 Å². The lowest BCUT2D eigenvalue weighted by Crippen LogP contribution is -2.06. The van der Waals surface area contributed by atoms with E-state index in [0.717, 1.165) is 12.1 Å². The van der Waals surface area contributed by atoms with Gasteiger partial charge in [0.25, 0.3) is 0 Å². The van der Waals surface area contributed by atoms with Crippen LogP contribution in [0.3, 0.4) is 0 Å². The highest BCUT2D eigenvalue weighted by molar-refractivity contribution is 7.84. The molecule has 1 N–H and O–H groups in total.